The van der Waals surface area contributed by atoms with E-state index in [0.29, 0.717) is 6.61 Å². The summed E-state index contributed by atoms with van der Waals surface area (Å²) < 4.78 is 17.8. The van der Waals surface area contributed by atoms with Crippen molar-refractivity contribution in [1.29, 1.82) is 0 Å². The molecule has 0 unspecified atom stereocenters. The lowest BCUT2D eigenvalue weighted by Crippen LogP contribution is -2.13. The number of hydrogen-bond acceptors (Lipinski definition) is 4. The van der Waals surface area contributed by atoms with Gasteiger partial charge in [0.15, 0.2) is 0 Å². The van der Waals surface area contributed by atoms with Crippen LogP contribution in [-0.2, 0) is 9.13 Å². The van der Waals surface area contributed by atoms with Crippen molar-refractivity contribution in [2.24, 2.45) is 0 Å². The van der Waals surface area contributed by atoms with Crippen LogP contribution in [0, 0.1) is 0 Å². The molecule has 0 aliphatic heterocycles. The maximum atomic E-state index is 8.88. The van der Waals surface area contributed by atoms with E-state index in [4.69, 9.17) is 43.6 Å². The highest BCUT2D eigenvalue weighted by atomic mass is 31.2. The topological polar surface area (TPSA) is 179 Å². The number of rotatable bonds is 3. The van der Waals surface area contributed by atoms with E-state index >= 15 is 0 Å². The quantitative estimate of drug-likeness (QED) is 0.290. The maximum absolute atomic E-state index is 8.88. The van der Waals surface area contributed by atoms with Crippen molar-refractivity contribution in [3.8, 4) is 0 Å². The van der Waals surface area contributed by atoms with Gasteiger partial charge in [0, 0.05) is 6.61 Å². The number of aliphatic hydroxyl groups excluding tert-OH is 1. The van der Waals surface area contributed by atoms with Crippen molar-refractivity contribution in [3.05, 3.63) is 0 Å². The summed E-state index contributed by atoms with van der Waals surface area (Å²) in [6, 6.07) is 0. The van der Waals surface area contributed by atoms with Crippen LogP contribution >= 0.6 is 15.6 Å². The lowest BCUT2D eigenvalue weighted by atomic mass is 10.4. The average molecular weight is 299 g/mol. The monoisotopic (exact) mass is 299 g/mol. The molecule has 0 bridgehead atoms. The highest BCUT2D eigenvalue weighted by Gasteiger charge is 2.00. The Hall–Kier alpha value is 0.140. The Morgan fingerprint density at radius 1 is 0.882 bits per heavy atom. The van der Waals surface area contributed by atoms with Gasteiger partial charge in [-0.2, -0.15) is 0 Å². The van der Waals surface area contributed by atoms with Crippen molar-refractivity contribution in [2.45, 2.75) is 6.42 Å². The maximum Gasteiger partial charge on any atom is 0.466 e. The first-order valence-electron chi connectivity index (χ1n) is 4.09. The number of nitrogens with zero attached hydrogens (tertiary/aromatic N) is 1. The fourth-order valence-corrected chi connectivity index (χ4v) is 0.387. The molecular weight excluding hydrogens is 280 g/mol. The molecule has 0 aromatic carbocycles. The molecule has 17 heavy (non-hydrogen) atoms. The van der Waals surface area contributed by atoms with Crippen LogP contribution in [0.3, 0.4) is 0 Å². The van der Waals surface area contributed by atoms with E-state index in [0.717, 1.165) is 13.0 Å². The second kappa shape index (κ2) is 11.2. The Labute approximate surface area is 98.6 Å². The SMILES string of the molecule is CN(C)CCCO.O=P(O)(O)O.O=P(O)(O)O. The lowest BCUT2D eigenvalue weighted by molar-refractivity contribution is 0.263. The largest absolute Gasteiger partial charge is 0.466 e. The summed E-state index contributed by atoms with van der Waals surface area (Å²) in [6.07, 6.45) is 0.882. The summed E-state index contributed by atoms with van der Waals surface area (Å²) in [6.45, 7) is 1.29. The minimum Gasteiger partial charge on any atom is -0.396 e. The van der Waals surface area contributed by atoms with Crippen molar-refractivity contribution in [2.75, 3.05) is 27.2 Å². The second-order valence-corrected chi connectivity index (χ2v) is 4.96. The Morgan fingerprint density at radius 3 is 1.18 bits per heavy atom. The summed E-state index contributed by atoms with van der Waals surface area (Å²) in [4.78, 5) is 45.2. The Bertz CT molecular complexity index is 209. The fourth-order valence-electron chi connectivity index (χ4n) is 0.387. The summed E-state index contributed by atoms with van der Waals surface area (Å²) >= 11 is 0. The van der Waals surface area contributed by atoms with Crippen LogP contribution in [0.15, 0.2) is 0 Å². The van der Waals surface area contributed by atoms with Crippen LogP contribution in [0.25, 0.3) is 0 Å². The van der Waals surface area contributed by atoms with Crippen LogP contribution in [-0.4, -0.2) is 66.6 Å². The van der Waals surface area contributed by atoms with Crippen molar-refractivity contribution in [1.82, 2.24) is 4.90 Å². The predicted molar refractivity (Wildman–Crippen MR) is 58.8 cm³/mol. The molecular formula is C5H19NO9P2. The summed E-state index contributed by atoms with van der Waals surface area (Å²) in [7, 11) is -5.29. The highest BCUT2D eigenvalue weighted by molar-refractivity contribution is 7.45. The van der Waals surface area contributed by atoms with Gasteiger partial charge < -0.3 is 39.4 Å². The zero-order chi connectivity index (χ0) is 14.7. The molecule has 0 heterocycles. The normalized spacial score (nSPS) is 11.2. The fraction of sp³-hybridized carbons (Fsp3) is 1.00. The second-order valence-electron chi connectivity index (χ2n) is 2.91. The minimum absolute atomic E-state index is 0.304. The van der Waals surface area contributed by atoms with Crippen LogP contribution in [0.5, 0.6) is 0 Å². The third-order valence-corrected chi connectivity index (χ3v) is 0.763. The molecule has 0 saturated heterocycles. The molecule has 7 N–H and O–H groups in total. The van der Waals surface area contributed by atoms with Gasteiger partial charge in [0.05, 0.1) is 0 Å². The molecule has 0 amide bonds. The summed E-state index contributed by atoms with van der Waals surface area (Å²) in [5.74, 6) is 0. The zero-order valence-corrected chi connectivity index (χ0v) is 11.2. The van der Waals surface area contributed by atoms with Gasteiger partial charge in [-0.1, -0.05) is 0 Å². The van der Waals surface area contributed by atoms with Gasteiger partial charge in [0.25, 0.3) is 0 Å². The Balaban J connectivity index is -0.000000177. The molecule has 0 aromatic rings. The zero-order valence-electron chi connectivity index (χ0n) is 9.41. The van der Waals surface area contributed by atoms with Gasteiger partial charge in [0.1, 0.15) is 0 Å². The molecule has 0 aliphatic rings. The average Bonchev–Trinajstić information content (AvgIpc) is 1.93. The molecule has 0 rings (SSSR count). The van der Waals surface area contributed by atoms with E-state index in [-0.39, 0.29) is 0 Å². The van der Waals surface area contributed by atoms with E-state index < -0.39 is 15.6 Å². The highest BCUT2D eigenvalue weighted by Crippen LogP contribution is 2.26. The molecule has 0 saturated carbocycles. The molecule has 10 nitrogen and oxygen atoms in total. The lowest BCUT2D eigenvalue weighted by Gasteiger charge is -2.05. The molecule has 0 aliphatic carbocycles. The van der Waals surface area contributed by atoms with E-state index in [1.165, 1.54) is 0 Å². The van der Waals surface area contributed by atoms with Gasteiger partial charge in [-0.25, -0.2) is 9.13 Å². The van der Waals surface area contributed by atoms with Gasteiger partial charge in [-0.15, -0.1) is 0 Å². The van der Waals surface area contributed by atoms with E-state index in [2.05, 4.69) is 4.90 Å². The summed E-state index contributed by atoms with van der Waals surface area (Å²) in [5, 5.41) is 8.29. The predicted octanol–water partition coefficient (Wildman–Crippen LogP) is -1.93. The molecule has 0 radical (unpaired) electrons. The smallest absolute Gasteiger partial charge is 0.396 e. The van der Waals surface area contributed by atoms with Crippen LogP contribution < -0.4 is 0 Å². The third-order valence-electron chi connectivity index (χ3n) is 0.763. The number of hydrogen-bond donors (Lipinski definition) is 7. The molecule has 0 fully saturated rings. The third kappa shape index (κ3) is 188. The van der Waals surface area contributed by atoms with Crippen molar-refractivity contribution >= 4 is 15.6 Å². The first kappa shape index (κ1) is 22.3. The molecule has 0 atom stereocenters. The summed E-state index contributed by atoms with van der Waals surface area (Å²) in [5.41, 5.74) is 0. The van der Waals surface area contributed by atoms with Crippen LogP contribution in [0.4, 0.5) is 0 Å². The van der Waals surface area contributed by atoms with Gasteiger partial charge in [-0.3, -0.25) is 0 Å². The number of phosphoric acid groups is 2. The molecule has 12 heteroatoms. The standard InChI is InChI=1S/C5H13NO.2H3O4P/c1-6(2)4-3-5-7;2*1-5(2,3)4/h7H,3-5H2,1-2H3;2*(H3,1,2,3,4). The number of aliphatic hydroxyl groups is 1. The van der Waals surface area contributed by atoms with Gasteiger partial charge >= 0.3 is 15.6 Å². The minimum atomic E-state index is -4.64. The first-order chi connectivity index (χ1) is 7.27. The Morgan fingerprint density at radius 2 is 1.12 bits per heavy atom. The van der Waals surface area contributed by atoms with Gasteiger partial charge in [-0.05, 0) is 27.1 Å². The van der Waals surface area contributed by atoms with E-state index in [1.54, 1.807) is 0 Å². The molecule has 0 aromatic heterocycles. The Kier molecular flexibility index (Phi) is 14.8. The first-order valence-corrected chi connectivity index (χ1v) is 7.22. The van der Waals surface area contributed by atoms with Crippen LogP contribution in [0.2, 0.25) is 0 Å². The molecule has 0 spiro atoms. The van der Waals surface area contributed by atoms with Crippen molar-refractivity contribution < 1.29 is 43.6 Å². The van der Waals surface area contributed by atoms with Gasteiger partial charge in [0.2, 0.25) is 0 Å². The van der Waals surface area contributed by atoms with E-state index in [9.17, 15) is 0 Å². The van der Waals surface area contributed by atoms with E-state index in [1.807, 2.05) is 14.1 Å². The van der Waals surface area contributed by atoms with Crippen molar-refractivity contribution in [3.63, 3.8) is 0 Å². The molecule has 108 valence electrons. The van der Waals surface area contributed by atoms with Crippen LogP contribution in [0.1, 0.15) is 6.42 Å².